The number of hydrogen-bond donors (Lipinski definition) is 2. The highest BCUT2D eigenvalue weighted by atomic mass is 16.6. The van der Waals surface area contributed by atoms with E-state index in [0.29, 0.717) is 0 Å². The number of nitrogens with one attached hydrogen (secondary N) is 1. The maximum atomic E-state index is 12.7. The second-order valence-corrected chi connectivity index (χ2v) is 6.64. The Morgan fingerprint density at radius 3 is 2.36 bits per heavy atom. The van der Waals surface area contributed by atoms with Crippen LogP contribution in [-0.2, 0) is 15.1 Å². The Morgan fingerprint density at radius 1 is 1.09 bits per heavy atom. The lowest BCUT2D eigenvalue weighted by atomic mass is 9.83. The van der Waals surface area contributed by atoms with Gasteiger partial charge in [0.1, 0.15) is 5.60 Å². The van der Waals surface area contributed by atoms with Gasteiger partial charge in [-0.1, -0.05) is 30.3 Å². The molecule has 1 saturated heterocycles. The number of benzene rings is 1. The molecule has 0 atom stereocenters. The van der Waals surface area contributed by atoms with Gasteiger partial charge in [0.15, 0.2) is 0 Å². The first-order valence-corrected chi connectivity index (χ1v) is 8.44. The highest BCUT2D eigenvalue weighted by Crippen LogP contribution is 2.37. The number of nitrogens with two attached hydrogens (primary N) is 1. The van der Waals surface area contributed by atoms with Crippen molar-refractivity contribution in [1.82, 2.24) is 5.32 Å². The van der Waals surface area contributed by atoms with E-state index in [4.69, 9.17) is 10.5 Å². The van der Waals surface area contributed by atoms with Gasteiger partial charge in [-0.15, -0.1) is 0 Å². The van der Waals surface area contributed by atoms with Crippen LogP contribution in [0, 0.1) is 5.92 Å². The zero-order valence-electron chi connectivity index (χ0n) is 13.1. The minimum absolute atomic E-state index is 0.0234. The summed E-state index contributed by atoms with van der Waals surface area (Å²) in [5, 5.41) is 3.36. The van der Waals surface area contributed by atoms with Gasteiger partial charge in [-0.25, -0.2) is 0 Å². The average Bonchev–Trinajstić information content (AvgIpc) is 2.57. The number of ether oxygens (including phenoxy) is 1. The van der Waals surface area contributed by atoms with Gasteiger partial charge < -0.3 is 15.8 Å². The van der Waals surface area contributed by atoms with E-state index in [1.165, 1.54) is 0 Å². The molecule has 1 aliphatic carbocycles. The van der Waals surface area contributed by atoms with Crippen LogP contribution in [-0.4, -0.2) is 25.1 Å². The quantitative estimate of drug-likeness (QED) is 0.841. The molecular formula is C18H26N2O2. The zero-order chi connectivity index (χ0) is 15.4. The van der Waals surface area contributed by atoms with E-state index in [-0.39, 0.29) is 17.9 Å². The van der Waals surface area contributed by atoms with Gasteiger partial charge in [0.25, 0.3) is 0 Å². The minimum Gasteiger partial charge on any atom is -0.454 e. The number of carbonyl (C=O) groups is 1. The van der Waals surface area contributed by atoms with Crippen molar-refractivity contribution in [3.05, 3.63) is 35.9 Å². The summed E-state index contributed by atoms with van der Waals surface area (Å²) in [5.74, 6) is -0.00655. The van der Waals surface area contributed by atoms with Gasteiger partial charge in [-0.2, -0.15) is 0 Å². The summed E-state index contributed by atoms with van der Waals surface area (Å²) < 4.78 is 6.12. The molecule has 0 unspecified atom stereocenters. The Morgan fingerprint density at radius 2 is 1.73 bits per heavy atom. The summed E-state index contributed by atoms with van der Waals surface area (Å²) in [6.45, 7) is 1.77. The predicted octanol–water partition coefficient (Wildman–Crippen LogP) is 2.33. The van der Waals surface area contributed by atoms with E-state index >= 15 is 0 Å². The van der Waals surface area contributed by atoms with E-state index < -0.39 is 5.60 Å². The lowest BCUT2D eigenvalue weighted by molar-refractivity contribution is -0.170. The lowest BCUT2D eigenvalue weighted by Gasteiger charge is -2.39. The first kappa shape index (κ1) is 15.5. The Labute approximate surface area is 132 Å². The number of esters is 1. The molecule has 0 spiro atoms. The van der Waals surface area contributed by atoms with Crippen molar-refractivity contribution in [1.29, 1.82) is 0 Å². The molecule has 1 saturated carbocycles. The highest BCUT2D eigenvalue weighted by Gasteiger charge is 2.39. The Balaban J connectivity index is 1.74. The van der Waals surface area contributed by atoms with Crippen molar-refractivity contribution < 1.29 is 9.53 Å². The SMILES string of the molecule is NC1CCC(C(=O)OC2(c3ccccc3)CCNCC2)CC1. The molecule has 2 fully saturated rings. The molecule has 3 N–H and O–H groups in total. The van der Waals surface area contributed by atoms with Crippen molar-refractivity contribution >= 4 is 5.97 Å². The van der Waals surface area contributed by atoms with Crippen LogP contribution in [0.5, 0.6) is 0 Å². The van der Waals surface area contributed by atoms with Gasteiger partial charge in [0.2, 0.25) is 0 Å². The molecule has 1 heterocycles. The first-order valence-electron chi connectivity index (χ1n) is 8.44. The molecule has 0 aromatic heterocycles. The fourth-order valence-corrected chi connectivity index (χ4v) is 3.65. The van der Waals surface area contributed by atoms with Crippen LogP contribution in [0.15, 0.2) is 30.3 Å². The fraction of sp³-hybridized carbons (Fsp3) is 0.611. The maximum Gasteiger partial charge on any atom is 0.309 e. The molecule has 4 heteroatoms. The van der Waals surface area contributed by atoms with Crippen LogP contribution in [0.2, 0.25) is 0 Å². The topological polar surface area (TPSA) is 64.4 Å². The number of carbonyl (C=O) groups excluding carboxylic acids is 1. The molecule has 2 aliphatic rings. The van der Waals surface area contributed by atoms with Crippen molar-refractivity contribution in [2.24, 2.45) is 11.7 Å². The molecule has 3 rings (SSSR count). The first-order chi connectivity index (χ1) is 10.7. The number of hydrogen-bond acceptors (Lipinski definition) is 4. The number of piperidine rings is 1. The van der Waals surface area contributed by atoms with E-state index in [1.807, 2.05) is 18.2 Å². The standard InChI is InChI=1S/C18H26N2O2/c19-16-8-6-14(7-9-16)17(21)22-18(10-12-20-13-11-18)15-4-2-1-3-5-15/h1-5,14,16,20H,6-13,19H2. The molecule has 0 radical (unpaired) electrons. The molecule has 22 heavy (non-hydrogen) atoms. The van der Waals surface area contributed by atoms with Crippen molar-refractivity contribution in [2.75, 3.05) is 13.1 Å². The molecule has 1 aromatic rings. The van der Waals surface area contributed by atoms with E-state index in [0.717, 1.165) is 57.2 Å². The van der Waals surface area contributed by atoms with Crippen LogP contribution < -0.4 is 11.1 Å². The summed E-state index contributed by atoms with van der Waals surface area (Å²) in [6.07, 6.45) is 5.27. The second-order valence-electron chi connectivity index (χ2n) is 6.64. The fourth-order valence-electron chi connectivity index (χ4n) is 3.65. The van der Waals surface area contributed by atoms with E-state index in [1.54, 1.807) is 0 Å². The van der Waals surface area contributed by atoms with Crippen LogP contribution in [0.25, 0.3) is 0 Å². The summed E-state index contributed by atoms with van der Waals surface area (Å²) in [6, 6.07) is 10.5. The molecule has 0 bridgehead atoms. The second kappa shape index (κ2) is 6.80. The third-order valence-electron chi connectivity index (χ3n) is 5.11. The van der Waals surface area contributed by atoms with E-state index in [2.05, 4.69) is 17.4 Å². The van der Waals surface area contributed by atoms with Gasteiger partial charge >= 0.3 is 5.97 Å². The van der Waals surface area contributed by atoms with Gasteiger partial charge in [0.05, 0.1) is 5.92 Å². The summed E-state index contributed by atoms with van der Waals surface area (Å²) in [4.78, 5) is 12.7. The van der Waals surface area contributed by atoms with Crippen LogP contribution in [0.3, 0.4) is 0 Å². The minimum atomic E-state index is -0.455. The Kier molecular flexibility index (Phi) is 4.79. The molecule has 4 nitrogen and oxygen atoms in total. The summed E-state index contributed by atoms with van der Waals surface area (Å²) >= 11 is 0. The Hall–Kier alpha value is -1.39. The highest BCUT2D eigenvalue weighted by molar-refractivity contribution is 5.73. The van der Waals surface area contributed by atoms with Crippen molar-refractivity contribution in [3.8, 4) is 0 Å². The summed E-state index contributed by atoms with van der Waals surface area (Å²) in [5.41, 5.74) is 6.61. The predicted molar refractivity (Wildman–Crippen MR) is 86.2 cm³/mol. The third kappa shape index (κ3) is 3.33. The van der Waals surface area contributed by atoms with Crippen LogP contribution in [0.1, 0.15) is 44.1 Å². The van der Waals surface area contributed by atoms with Crippen molar-refractivity contribution in [3.63, 3.8) is 0 Å². The lowest BCUT2D eigenvalue weighted by Crippen LogP contribution is -2.44. The largest absolute Gasteiger partial charge is 0.454 e. The van der Waals surface area contributed by atoms with Gasteiger partial charge in [-0.05, 0) is 44.3 Å². The smallest absolute Gasteiger partial charge is 0.309 e. The van der Waals surface area contributed by atoms with E-state index in [9.17, 15) is 4.79 Å². The maximum absolute atomic E-state index is 12.7. The van der Waals surface area contributed by atoms with Crippen LogP contribution in [0.4, 0.5) is 0 Å². The zero-order valence-corrected chi connectivity index (χ0v) is 13.1. The normalized spacial score (nSPS) is 28.0. The Bertz CT molecular complexity index is 489. The summed E-state index contributed by atoms with van der Waals surface area (Å²) in [7, 11) is 0. The molecule has 1 aliphatic heterocycles. The number of rotatable bonds is 3. The molecule has 1 aromatic carbocycles. The monoisotopic (exact) mass is 302 g/mol. The van der Waals surface area contributed by atoms with Gasteiger partial charge in [0, 0.05) is 18.9 Å². The molecule has 0 amide bonds. The third-order valence-corrected chi connectivity index (χ3v) is 5.11. The molecular weight excluding hydrogens is 276 g/mol. The molecule has 120 valence electrons. The van der Waals surface area contributed by atoms with Crippen molar-refractivity contribution in [2.45, 2.75) is 50.2 Å². The average molecular weight is 302 g/mol. The van der Waals surface area contributed by atoms with Gasteiger partial charge in [-0.3, -0.25) is 4.79 Å². The van der Waals surface area contributed by atoms with Crippen LogP contribution >= 0.6 is 0 Å².